The molecular formula is C25H22O2. The maximum atomic E-state index is 10.8. The Balaban J connectivity index is 1.98. The van der Waals surface area contributed by atoms with Crippen molar-refractivity contribution in [2.45, 2.75) is 12.8 Å². The third-order valence-electron chi connectivity index (χ3n) is 5.10. The normalized spacial score (nSPS) is 12.1. The van der Waals surface area contributed by atoms with Crippen molar-refractivity contribution in [1.29, 1.82) is 0 Å². The van der Waals surface area contributed by atoms with Gasteiger partial charge in [-0.3, -0.25) is 0 Å². The Labute approximate surface area is 159 Å². The van der Waals surface area contributed by atoms with E-state index in [0.717, 1.165) is 33.2 Å². The number of phenolic OH excluding ortho intramolecular Hbond substituents is 1. The molecule has 134 valence electrons. The molecule has 4 rings (SSSR count). The standard InChI is InChI=1S/C25H22O2/c1-17-7-9-19(10-8-17)24(20-11-14-21(27-2)15-12-20)25-22-6-4-3-5-18(22)13-16-23(25)26/h3-16,24,26H,1-2H3. The summed E-state index contributed by atoms with van der Waals surface area (Å²) in [6.45, 7) is 2.08. The minimum absolute atomic E-state index is 0.0670. The molecule has 0 aliphatic heterocycles. The van der Waals surface area contributed by atoms with Crippen LogP contribution in [0.2, 0.25) is 0 Å². The van der Waals surface area contributed by atoms with Crippen LogP contribution in [0.5, 0.6) is 11.5 Å². The van der Waals surface area contributed by atoms with Gasteiger partial charge in [-0.15, -0.1) is 0 Å². The fraction of sp³-hybridized carbons (Fsp3) is 0.120. The van der Waals surface area contributed by atoms with Crippen LogP contribution in [0.25, 0.3) is 10.8 Å². The molecule has 4 aromatic rings. The topological polar surface area (TPSA) is 29.5 Å². The Morgan fingerprint density at radius 1 is 0.741 bits per heavy atom. The first-order chi connectivity index (χ1) is 13.2. The van der Waals surface area contributed by atoms with Gasteiger partial charge in [-0.1, -0.05) is 72.3 Å². The summed E-state index contributed by atoms with van der Waals surface area (Å²) in [5.41, 5.74) is 4.42. The first kappa shape index (κ1) is 17.2. The largest absolute Gasteiger partial charge is 0.508 e. The van der Waals surface area contributed by atoms with E-state index in [1.165, 1.54) is 5.56 Å². The van der Waals surface area contributed by atoms with Gasteiger partial charge in [0, 0.05) is 11.5 Å². The molecule has 0 aromatic heterocycles. The van der Waals surface area contributed by atoms with Crippen molar-refractivity contribution in [1.82, 2.24) is 0 Å². The summed E-state index contributed by atoms with van der Waals surface area (Å²) >= 11 is 0. The Morgan fingerprint density at radius 3 is 2.04 bits per heavy atom. The first-order valence-electron chi connectivity index (χ1n) is 9.08. The maximum absolute atomic E-state index is 10.8. The van der Waals surface area contributed by atoms with Gasteiger partial charge in [-0.25, -0.2) is 0 Å². The number of benzene rings is 4. The summed E-state index contributed by atoms with van der Waals surface area (Å²) in [5.74, 6) is 1.07. The van der Waals surface area contributed by atoms with Gasteiger partial charge in [-0.2, -0.15) is 0 Å². The summed E-state index contributed by atoms with van der Waals surface area (Å²) in [6.07, 6.45) is 0. The third kappa shape index (κ3) is 3.26. The molecule has 1 N–H and O–H groups in total. The number of rotatable bonds is 4. The smallest absolute Gasteiger partial charge is 0.120 e. The molecule has 0 heterocycles. The van der Waals surface area contributed by atoms with Crippen LogP contribution in [0.4, 0.5) is 0 Å². The van der Waals surface area contributed by atoms with Crippen molar-refractivity contribution in [3.8, 4) is 11.5 Å². The molecular weight excluding hydrogens is 332 g/mol. The number of methoxy groups -OCH3 is 1. The van der Waals surface area contributed by atoms with E-state index in [0.29, 0.717) is 5.75 Å². The third-order valence-corrected chi connectivity index (χ3v) is 5.10. The van der Waals surface area contributed by atoms with Gasteiger partial charge in [0.2, 0.25) is 0 Å². The SMILES string of the molecule is COc1ccc(C(c2ccc(C)cc2)c2c(O)ccc3ccccc23)cc1. The second-order valence-corrected chi connectivity index (χ2v) is 6.84. The molecule has 0 radical (unpaired) electrons. The number of fused-ring (bicyclic) bond motifs is 1. The van der Waals surface area contributed by atoms with Crippen molar-refractivity contribution in [2.24, 2.45) is 0 Å². The van der Waals surface area contributed by atoms with Crippen LogP contribution in [-0.4, -0.2) is 12.2 Å². The number of ether oxygens (including phenoxy) is 1. The van der Waals surface area contributed by atoms with E-state index in [1.807, 2.05) is 30.3 Å². The molecule has 1 unspecified atom stereocenters. The summed E-state index contributed by atoms with van der Waals surface area (Å²) in [4.78, 5) is 0. The van der Waals surface area contributed by atoms with E-state index in [9.17, 15) is 5.11 Å². The summed E-state index contributed by atoms with van der Waals surface area (Å²) < 4.78 is 5.32. The van der Waals surface area contributed by atoms with Crippen LogP contribution in [0, 0.1) is 6.92 Å². The van der Waals surface area contributed by atoms with E-state index in [1.54, 1.807) is 13.2 Å². The Kier molecular flexibility index (Phi) is 4.55. The number of hydrogen-bond acceptors (Lipinski definition) is 2. The molecule has 0 saturated heterocycles. The maximum Gasteiger partial charge on any atom is 0.120 e. The van der Waals surface area contributed by atoms with Crippen LogP contribution in [0.15, 0.2) is 84.9 Å². The minimum atomic E-state index is -0.0670. The average Bonchev–Trinajstić information content (AvgIpc) is 2.71. The fourth-order valence-electron chi connectivity index (χ4n) is 3.67. The molecule has 1 atom stereocenters. The highest BCUT2D eigenvalue weighted by Crippen LogP contribution is 2.41. The lowest BCUT2D eigenvalue weighted by atomic mass is 9.82. The molecule has 4 aromatic carbocycles. The molecule has 0 spiro atoms. The summed E-state index contributed by atoms with van der Waals surface area (Å²) in [5, 5.41) is 13.0. The van der Waals surface area contributed by atoms with Crippen LogP contribution in [0.3, 0.4) is 0 Å². The molecule has 27 heavy (non-hydrogen) atoms. The average molecular weight is 354 g/mol. The highest BCUT2D eigenvalue weighted by molar-refractivity contribution is 5.89. The molecule has 0 aliphatic rings. The minimum Gasteiger partial charge on any atom is -0.508 e. The number of hydrogen-bond donors (Lipinski definition) is 1. The Morgan fingerprint density at radius 2 is 1.37 bits per heavy atom. The van der Waals surface area contributed by atoms with Gasteiger partial charge in [-0.05, 0) is 47.0 Å². The van der Waals surface area contributed by atoms with Crippen molar-refractivity contribution in [3.05, 3.63) is 107 Å². The number of phenols is 1. The molecule has 0 bridgehead atoms. The lowest BCUT2D eigenvalue weighted by Gasteiger charge is -2.22. The Hall–Kier alpha value is -3.26. The highest BCUT2D eigenvalue weighted by atomic mass is 16.5. The highest BCUT2D eigenvalue weighted by Gasteiger charge is 2.22. The first-order valence-corrected chi connectivity index (χ1v) is 9.08. The van der Waals surface area contributed by atoms with Crippen LogP contribution in [0.1, 0.15) is 28.2 Å². The van der Waals surface area contributed by atoms with Crippen molar-refractivity contribution in [2.75, 3.05) is 7.11 Å². The summed E-state index contributed by atoms with van der Waals surface area (Å²) in [6, 6.07) is 28.6. The molecule has 0 fully saturated rings. The molecule has 0 amide bonds. The van der Waals surface area contributed by atoms with Gasteiger partial charge in [0.1, 0.15) is 11.5 Å². The van der Waals surface area contributed by atoms with Crippen LogP contribution >= 0.6 is 0 Å². The second-order valence-electron chi connectivity index (χ2n) is 6.84. The van der Waals surface area contributed by atoms with Crippen molar-refractivity contribution < 1.29 is 9.84 Å². The number of aromatic hydroxyl groups is 1. The zero-order valence-electron chi connectivity index (χ0n) is 15.5. The predicted molar refractivity (Wildman–Crippen MR) is 111 cm³/mol. The van der Waals surface area contributed by atoms with Crippen LogP contribution in [-0.2, 0) is 0 Å². The predicted octanol–water partition coefficient (Wildman–Crippen LogP) is 6.04. The lowest BCUT2D eigenvalue weighted by molar-refractivity contribution is 0.414. The fourth-order valence-corrected chi connectivity index (χ4v) is 3.67. The zero-order chi connectivity index (χ0) is 18.8. The van der Waals surface area contributed by atoms with E-state index < -0.39 is 0 Å². The van der Waals surface area contributed by atoms with E-state index in [-0.39, 0.29) is 5.92 Å². The van der Waals surface area contributed by atoms with Crippen molar-refractivity contribution >= 4 is 10.8 Å². The molecule has 0 saturated carbocycles. The Bertz CT molecular complexity index is 1060. The van der Waals surface area contributed by atoms with Gasteiger partial charge in [0.15, 0.2) is 0 Å². The molecule has 2 heteroatoms. The van der Waals surface area contributed by atoms with Gasteiger partial charge >= 0.3 is 0 Å². The number of aryl methyl sites for hydroxylation is 1. The second kappa shape index (κ2) is 7.16. The lowest BCUT2D eigenvalue weighted by Crippen LogP contribution is -2.05. The van der Waals surface area contributed by atoms with Crippen LogP contribution < -0.4 is 4.74 Å². The van der Waals surface area contributed by atoms with E-state index >= 15 is 0 Å². The van der Waals surface area contributed by atoms with E-state index in [4.69, 9.17) is 4.74 Å². The molecule has 2 nitrogen and oxygen atoms in total. The van der Waals surface area contributed by atoms with Gasteiger partial charge in [0.05, 0.1) is 7.11 Å². The summed E-state index contributed by atoms with van der Waals surface area (Å²) in [7, 11) is 1.67. The molecule has 0 aliphatic carbocycles. The van der Waals surface area contributed by atoms with Gasteiger partial charge in [0.25, 0.3) is 0 Å². The zero-order valence-corrected chi connectivity index (χ0v) is 15.5. The van der Waals surface area contributed by atoms with Crippen molar-refractivity contribution in [3.63, 3.8) is 0 Å². The monoisotopic (exact) mass is 354 g/mol. The van der Waals surface area contributed by atoms with E-state index in [2.05, 4.69) is 55.5 Å². The van der Waals surface area contributed by atoms with Gasteiger partial charge < -0.3 is 9.84 Å². The quantitative estimate of drug-likeness (QED) is 0.453.